The van der Waals surface area contributed by atoms with Crippen LogP contribution in [0.5, 0.6) is 0 Å². The third kappa shape index (κ3) is 2.87. The van der Waals surface area contributed by atoms with E-state index in [0.29, 0.717) is 26.8 Å². The van der Waals surface area contributed by atoms with Gasteiger partial charge in [-0.1, -0.05) is 11.6 Å². The van der Waals surface area contributed by atoms with E-state index >= 15 is 0 Å². The summed E-state index contributed by atoms with van der Waals surface area (Å²) in [4.78, 5) is 4.05. The van der Waals surface area contributed by atoms with Crippen LogP contribution in [0.2, 0.25) is 5.15 Å². The Labute approximate surface area is 111 Å². The number of benzene rings is 1. The molecule has 0 spiro atoms. The van der Waals surface area contributed by atoms with Gasteiger partial charge in [-0.2, -0.15) is 0 Å². The smallest absolute Gasteiger partial charge is 0.155 e. The molecular formula is C11H8BrClFN3. The second-order valence-corrected chi connectivity index (χ2v) is 4.56. The number of nitrogens with zero attached hydrogens (tertiary/aromatic N) is 1. The molecule has 0 bridgehead atoms. The highest BCUT2D eigenvalue weighted by atomic mass is 79.9. The van der Waals surface area contributed by atoms with E-state index in [0.717, 1.165) is 0 Å². The van der Waals surface area contributed by atoms with E-state index < -0.39 is 0 Å². The first-order valence-electron chi connectivity index (χ1n) is 4.70. The Morgan fingerprint density at radius 1 is 1.29 bits per heavy atom. The first-order chi connectivity index (χ1) is 8.06. The Kier molecular flexibility index (Phi) is 3.49. The molecular weight excluding hydrogens is 308 g/mol. The first-order valence-corrected chi connectivity index (χ1v) is 5.87. The Hall–Kier alpha value is -1.33. The van der Waals surface area contributed by atoms with Gasteiger partial charge in [0.25, 0.3) is 0 Å². The second kappa shape index (κ2) is 4.89. The van der Waals surface area contributed by atoms with E-state index in [4.69, 9.17) is 17.3 Å². The summed E-state index contributed by atoms with van der Waals surface area (Å²) in [5.41, 5.74) is 6.87. The van der Waals surface area contributed by atoms with Gasteiger partial charge in [-0.25, -0.2) is 9.37 Å². The topological polar surface area (TPSA) is 50.9 Å². The highest BCUT2D eigenvalue weighted by Crippen LogP contribution is 2.28. The van der Waals surface area contributed by atoms with Crippen LogP contribution in [0.15, 0.2) is 34.8 Å². The van der Waals surface area contributed by atoms with Crippen LogP contribution in [0, 0.1) is 5.82 Å². The summed E-state index contributed by atoms with van der Waals surface area (Å²) in [7, 11) is 0. The van der Waals surface area contributed by atoms with E-state index in [9.17, 15) is 4.39 Å². The van der Waals surface area contributed by atoms with Crippen molar-refractivity contribution in [1.82, 2.24) is 4.98 Å². The minimum Gasteiger partial charge on any atom is -0.396 e. The highest BCUT2D eigenvalue weighted by Gasteiger charge is 2.06. The Bertz CT molecular complexity index is 562. The number of hydrogen-bond donors (Lipinski definition) is 2. The molecule has 1 heterocycles. The predicted molar refractivity (Wildman–Crippen MR) is 71.0 cm³/mol. The van der Waals surface area contributed by atoms with Gasteiger partial charge in [0.05, 0.1) is 11.4 Å². The second-order valence-electron chi connectivity index (χ2n) is 3.32. The van der Waals surface area contributed by atoms with Gasteiger partial charge in [-0.05, 0) is 46.3 Å². The fraction of sp³-hybridized carbons (Fsp3) is 0. The third-order valence-corrected chi connectivity index (χ3v) is 2.94. The third-order valence-electron chi connectivity index (χ3n) is 2.08. The molecule has 1 aromatic carbocycles. The van der Waals surface area contributed by atoms with Crippen molar-refractivity contribution < 1.29 is 4.39 Å². The summed E-state index contributed by atoms with van der Waals surface area (Å²) in [5, 5.41) is 3.31. The first kappa shape index (κ1) is 12.1. The van der Waals surface area contributed by atoms with Gasteiger partial charge in [-0.15, -0.1) is 0 Å². The molecule has 1 aromatic heterocycles. The fourth-order valence-electron chi connectivity index (χ4n) is 1.26. The van der Waals surface area contributed by atoms with E-state index in [1.165, 1.54) is 12.1 Å². The SMILES string of the molecule is Nc1ccc(Cl)nc1Nc1ccc(F)cc1Br. The van der Waals surface area contributed by atoms with Crippen LogP contribution < -0.4 is 11.1 Å². The van der Waals surface area contributed by atoms with Crippen molar-refractivity contribution in [3.63, 3.8) is 0 Å². The predicted octanol–water partition coefficient (Wildman–Crippen LogP) is 3.96. The van der Waals surface area contributed by atoms with E-state index in [2.05, 4.69) is 26.2 Å². The molecule has 0 fully saturated rings. The molecule has 0 aliphatic rings. The van der Waals surface area contributed by atoms with Crippen molar-refractivity contribution >= 4 is 44.7 Å². The minimum absolute atomic E-state index is 0.325. The Balaban J connectivity index is 2.34. The summed E-state index contributed by atoms with van der Waals surface area (Å²) in [6.07, 6.45) is 0. The number of pyridine rings is 1. The van der Waals surface area contributed by atoms with Crippen LogP contribution >= 0.6 is 27.5 Å². The van der Waals surface area contributed by atoms with Crippen molar-refractivity contribution in [2.24, 2.45) is 0 Å². The van der Waals surface area contributed by atoms with E-state index in [1.807, 2.05) is 0 Å². The monoisotopic (exact) mass is 315 g/mol. The molecule has 0 aliphatic carbocycles. The quantitative estimate of drug-likeness (QED) is 0.825. The number of nitrogens with two attached hydrogens (primary N) is 1. The molecule has 0 saturated carbocycles. The molecule has 6 heteroatoms. The van der Waals surface area contributed by atoms with Gasteiger partial charge >= 0.3 is 0 Å². The lowest BCUT2D eigenvalue weighted by atomic mass is 10.3. The zero-order valence-electron chi connectivity index (χ0n) is 8.55. The van der Waals surface area contributed by atoms with Crippen molar-refractivity contribution in [2.45, 2.75) is 0 Å². The Morgan fingerprint density at radius 3 is 2.76 bits per heavy atom. The summed E-state index contributed by atoms with van der Waals surface area (Å²) in [6, 6.07) is 7.52. The molecule has 0 amide bonds. The molecule has 17 heavy (non-hydrogen) atoms. The zero-order chi connectivity index (χ0) is 12.4. The number of hydrogen-bond acceptors (Lipinski definition) is 3. The van der Waals surface area contributed by atoms with Crippen LogP contribution in [0.1, 0.15) is 0 Å². The number of nitrogen functional groups attached to an aromatic ring is 1. The molecule has 88 valence electrons. The van der Waals surface area contributed by atoms with Crippen LogP contribution in [0.3, 0.4) is 0 Å². The lowest BCUT2D eigenvalue weighted by Gasteiger charge is -2.10. The molecule has 2 rings (SSSR count). The molecule has 3 nitrogen and oxygen atoms in total. The van der Waals surface area contributed by atoms with E-state index in [1.54, 1.807) is 18.2 Å². The molecule has 0 aliphatic heterocycles. The van der Waals surface area contributed by atoms with Gasteiger partial charge in [-0.3, -0.25) is 0 Å². The average Bonchev–Trinajstić information content (AvgIpc) is 2.27. The van der Waals surface area contributed by atoms with Crippen molar-refractivity contribution in [3.8, 4) is 0 Å². The number of aromatic nitrogens is 1. The number of halogens is 3. The summed E-state index contributed by atoms with van der Waals surface area (Å²) < 4.78 is 13.5. The van der Waals surface area contributed by atoms with Crippen LogP contribution in [-0.4, -0.2) is 4.98 Å². The Morgan fingerprint density at radius 2 is 2.06 bits per heavy atom. The minimum atomic E-state index is -0.325. The fourth-order valence-corrected chi connectivity index (χ4v) is 1.86. The van der Waals surface area contributed by atoms with Crippen LogP contribution in [0.4, 0.5) is 21.6 Å². The van der Waals surface area contributed by atoms with Gasteiger partial charge in [0.1, 0.15) is 11.0 Å². The maximum absolute atomic E-state index is 12.9. The molecule has 0 saturated heterocycles. The molecule has 0 unspecified atom stereocenters. The molecule has 3 N–H and O–H groups in total. The average molecular weight is 317 g/mol. The number of nitrogens with one attached hydrogen (secondary N) is 1. The van der Waals surface area contributed by atoms with Crippen molar-refractivity contribution in [3.05, 3.63) is 45.8 Å². The summed E-state index contributed by atoms with van der Waals surface area (Å²) in [6.45, 7) is 0. The van der Waals surface area contributed by atoms with Crippen molar-refractivity contribution in [2.75, 3.05) is 11.1 Å². The maximum atomic E-state index is 12.9. The largest absolute Gasteiger partial charge is 0.396 e. The molecule has 2 aromatic rings. The number of rotatable bonds is 2. The van der Waals surface area contributed by atoms with Gasteiger partial charge in [0.15, 0.2) is 5.82 Å². The molecule has 0 atom stereocenters. The lowest BCUT2D eigenvalue weighted by Crippen LogP contribution is -1.99. The van der Waals surface area contributed by atoms with Crippen LogP contribution in [-0.2, 0) is 0 Å². The van der Waals surface area contributed by atoms with Crippen LogP contribution in [0.25, 0.3) is 0 Å². The lowest BCUT2D eigenvalue weighted by molar-refractivity contribution is 0.627. The summed E-state index contributed by atoms with van der Waals surface area (Å²) >= 11 is 9.01. The van der Waals surface area contributed by atoms with Gasteiger partial charge < -0.3 is 11.1 Å². The van der Waals surface area contributed by atoms with E-state index in [-0.39, 0.29) is 5.82 Å². The number of anilines is 3. The van der Waals surface area contributed by atoms with Gasteiger partial charge in [0, 0.05) is 4.47 Å². The normalized spacial score (nSPS) is 10.3. The standard InChI is InChI=1S/C11H8BrClFN3/c12-7-5-6(14)1-3-9(7)16-11-8(15)2-4-10(13)17-11/h1-5H,15H2,(H,16,17). The van der Waals surface area contributed by atoms with Crippen molar-refractivity contribution in [1.29, 1.82) is 0 Å². The highest BCUT2D eigenvalue weighted by molar-refractivity contribution is 9.10. The summed E-state index contributed by atoms with van der Waals surface area (Å²) in [5.74, 6) is 0.110. The zero-order valence-corrected chi connectivity index (χ0v) is 10.9. The molecule has 0 radical (unpaired) electrons. The maximum Gasteiger partial charge on any atom is 0.155 e. The van der Waals surface area contributed by atoms with Gasteiger partial charge in [0.2, 0.25) is 0 Å².